The number of nitrogens with zero attached hydrogens (tertiary/aromatic N) is 1. The van der Waals surface area contributed by atoms with Crippen molar-refractivity contribution in [1.29, 1.82) is 0 Å². The van der Waals surface area contributed by atoms with Gasteiger partial charge in [-0.1, -0.05) is 31.5 Å². The van der Waals surface area contributed by atoms with E-state index in [1.165, 1.54) is 13.0 Å². The summed E-state index contributed by atoms with van der Waals surface area (Å²) < 4.78 is 26.8. The van der Waals surface area contributed by atoms with Crippen LogP contribution >= 0.6 is 0 Å². The Hall–Kier alpha value is -3.29. The number of urea groups is 1. The predicted octanol–water partition coefficient (Wildman–Crippen LogP) is 3.32. The Morgan fingerprint density at radius 3 is 2.41 bits per heavy atom. The first-order valence-electron chi connectivity index (χ1n) is 9.23. The molecule has 4 amide bonds. The molecule has 0 radical (unpaired) electrons. The molecule has 1 atom stereocenters. The maximum Gasteiger partial charge on any atom is 0.325 e. The van der Waals surface area contributed by atoms with Crippen molar-refractivity contribution < 1.29 is 23.2 Å². The monoisotopic (exact) mass is 401 g/mol. The van der Waals surface area contributed by atoms with Gasteiger partial charge in [0.1, 0.15) is 12.1 Å². The first kappa shape index (κ1) is 20.4. The van der Waals surface area contributed by atoms with Crippen molar-refractivity contribution in [1.82, 2.24) is 10.2 Å². The Kier molecular flexibility index (Phi) is 5.63. The highest BCUT2D eigenvalue weighted by Crippen LogP contribution is 2.29. The molecule has 2 N–H and O–H groups in total. The molecule has 1 fully saturated rings. The maximum absolute atomic E-state index is 13.6. The number of anilines is 1. The van der Waals surface area contributed by atoms with Crippen molar-refractivity contribution in [2.45, 2.75) is 32.2 Å². The van der Waals surface area contributed by atoms with Gasteiger partial charge in [-0.3, -0.25) is 14.5 Å². The topological polar surface area (TPSA) is 78.5 Å². The third-order valence-corrected chi connectivity index (χ3v) is 4.85. The second kappa shape index (κ2) is 7.98. The molecule has 152 valence electrons. The summed E-state index contributed by atoms with van der Waals surface area (Å²) in [6, 6.07) is 9.47. The molecule has 1 aliphatic rings. The summed E-state index contributed by atoms with van der Waals surface area (Å²) in [5, 5.41) is 5.09. The highest BCUT2D eigenvalue weighted by atomic mass is 19.2. The number of hydrogen-bond donors (Lipinski definition) is 2. The number of amides is 4. The van der Waals surface area contributed by atoms with Crippen molar-refractivity contribution in [2.75, 3.05) is 11.9 Å². The van der Waals surface area contributed by atoms with Gasteiger partial charge in [0.2, 0.25) is 5.91 Å². The molecular weight excluding hydrogens is 380 g/mol. The zero-order valence-electron chi connectivity index (χ0n) is 16.1. The Bertz CT molecular complexity index is 962. The van der Waals surface area contributed by atoms with Gasteiger partial charge in [0, 0.05) is 5.69 Å². The van der Waals surface area contributed by atoms with Gasteiger partial charge >= 0.3 is 6.03 Å². The first-order chi connectivity index (χ1) is 13.7. The molecule has 3 rings (SSSR count). The highest BCUT2D eigenvalue weighted by molar-refractivity contribution is 6.10. The van der Waals surface area contributed by atoms with Gasteiger partial charge in [-0.2, -0.15) is 0 Å². The molecule has 0 saturated carbocycles. The molecule has 1 aliphatic heterocycles. The lowest BCUT2D eigenvalue weighted by atomic mass is 9.92. The van der Waals surface area contributed by atoms with Gasteiger partial charge in [-0.25, -0.2) is 13.6 Å². The standard InChI is InChI=1S/C21H21F2N3O3/c1-3-4-13-5-8-15(9-6-13)24-18(27)12-26-19(28)21(2,25-20(26)29)14-7-10-16(22)17(23)11-14/h5-11H,3-4,12H2,1-2H3,(H,24,27)(H,25,29). The summed E-state index contributed by atoms with van der Waals surface area (Å²) in [5.41, 5.74) is 0.185. The van der Waals surface area contributed by atoms with Crippen LogP contribution < -0.4 is 10.6 Å². The minimum atomic E-state index is -1.59. The van der Waals surface area contributed by atoms with Gasteiger partial charge in [0.15, 0.2) is 11.6 Å². The van der Waals surface area contributed by atoms with E-state index in [1.807, 2.05) is 12.1 Å². The predicted molar refractivity (Wildman–Crippen MR) is 103 cm³/mol. The molecule has 1 heterocycles. The molecule has 29 heavy (non-hydrogen) atoms. The minimum absolute atomic E-state index is 0.0872. The van der Waals surface area contributed by atoms with E-state index in [1.54, 1.807) is 12.1 Å². The molecule has 1 saturated heterocycles. The average Bonchev–Trinajstić information content (AvgIpc) is 2.90. The average molecular weight is 401 g/mol. The smallest absolute Gasteiger partial charge is 0.325 e. The summed E-state index contributed by atoms with van der Waals surface area (Å²) in [7, 11) is 0. The molecule has 2 aromatic carbocycles. The van der Waals surface area contributed by atoms with Crippen LogP contribution in [0.15, 0.2) is 42.5 Å². The van der Waals surface area contributed by atoms with Crippen LogP contribution in [-0.4, -0.2) is 29.3 Å². The van der Waals surface area contributed by atoms with E-state index in [-0.39, 0.29) is 5.56 Å². The van der Waals surface area contributed by atoms with Crippen LogP contribution in [-0.2, 0) is 21.5 Å². The number of halogens is 2. The molecule has 8 heteroatoms. The Balaban J connectivity index is 1.70. The van der Waals surface area contributed by atoms with Gasteiger partial charge in [0.05, 0.1) is 0 Å². The van der Waals surface area contributed by atoms with E-state index in [4.69, 9.17) is 0 Å². The molecule has 2 aromatic rings. The third-order valence-electron chi connectivity index (χ3n) is 4.85. The fourth-order valence-corrected chi connectivity index (χ4v) is 3.23. The number of benzene rings is 2. The lowest BCUT2D eigenvalue weighted by molar-refractivity contribution is -0.133. The SMILES string of the molecule is CCCc1ccc(NC(=O)CN2C(=O)NC(C)(c3ccc(F)c(F)c3)C2=O)cc1. The number of rotatable bonds is 6. The van der Waals surface area contributed by atoms with E-state index in [0.29, 0.717) is 5.69 Å². The molecule has 0 aromatic heterocycles. The molecule has 6 nitrogen and oxygen atoms in total. The number of hydrogen-bond acceptors (Lipinski definition) is 3. The first-order valence-corrected chi connectivity index (χ1v) is 9.23. The van der Waals surface area contributed by atoms with Gasteiger partial charge in [-0.05, 0) is 48.7 Å². The van der Waals surface area contributed by atoms with E-state index < -0.39 is 41.6 Å². The maximum atomic E-state index is 13.6. The van der Waals surface area contributed by atoms with E-state index in [9.17, 15) is 23.2 Å². The lowest BCUT2D eigenvalue weighted by Gasteiger charge is -2.22. The largest absolute Gasteiger partial charge is 0.325 e. The summed E-state index contributed by atoms with van der Waals surface area (Å²) >= 11 is 0. The number of imide groups is 1. The van der Waals surface area contributed by atoms with Crippen LogP contribution in [0, 0.1) is 11.6 Å². The van der Waals surface area contributed by atoms with E-state index in [0.717, 1.165) is 35.4 Å². The van der Waals surface area contributed by atoms with Crippen LogP contribution in [0.3, 0.4) is 0 Å². The van der Waals surface area contributed by atoms with Crippen molar-refractivity contribution in [2.24, 2.45) is 0 Å². The normalized spacial score (nSPS) is 18.7. The highest BCUT2D eigenvalue weighted by Gasteiger charge is 2.49. The Labute approximate surface area is 166 Å². The van der Waals surface area contributed by atoms with Gasteiger partial charge < -0.3 is 10.6 Å². The number of aryl methyl sites for hydroxylation is 1. The van der Waals surface area contributed by atoms with Crippen molar-refractivity contribution in [3.8, 4) is 0 Å². The summed E-state index contributed by atoms with van der Waals surface area (Å²) in [6.07, 6.45) is 1.94. The quantitative estimate of drug-likeness (QED) is 0.729. The molecular formula is C21H21F2N3O3. The van der Waals surface area contributed by atoms with E-state index >= 15 is 0 Å². The number of carbonyl (C=O) groups is 3. The fourth-order valence-electron chi connectivity index (χ4n) is 3.23. The van der Waals surface area contributed by atoms with Crippen LogP contribution in [0.25, 0.3) is 0 Å². The number of carbonyl (C=O) groups excluding carboxylic acids is 3. The van der Waals surface area contributed by atoms with Crippen LogP contribution in [0.4, 0.5) is 19.3 Å². The minimum Gasteiger partial charge on any atom is -0.325 e. The molecule has 0 aliphatic carbocycles. The second-order valence-electron chi connectivity index (χ2n) is 7.07. The third kappa shape index (κ3) is 4.11. The molecule has 0 spiro atoms. The summed E-state index contributed by atoms with van der Waals surface area (Å²) in [4.78, 5) is 38.1. The van der Waals surface area contributed by atoms with Gasteiger partial charge in [0.25, 0.3) is 5.91 Å². The second-order valence-corrected chi connectivity index (χ2v) is 7.07. The van der Waals surface area contributed by atoms with Crippen molar-refractivity contribution in [3.63, 3.8) is 0 Å². The van der Waals surface area contributed by atoms with Gasteiger partial charge in [-0.15, -0.1) is 0 Å². The van der Waals surface area contributed by atoms with Crippen LogP contribution in [0.1, 0.15) is 31.4 Å². The zero-order chi connectivity index (χ0) is 21.2. The summed E-state index contributed by atoms with van der Waals surface area (Å²) in [5.74, 6) is -3.46. The van der Waals surface area contributed by atoms with Crippen molar-refractivity contribution in [3.05, 3.63) is 65.2 Å². The molecule has 1 unspecified atom stereocenters. The summed E-state index contributed by atoms with van der Waals surface area (Å²) in [6.45, 7) is 2.95. The lowest BCUT2D eigenvalue weighted by Crippen LogP contribution is -2.42. The van der Waals surface area contributed by atoms with Crippen molar-refractivity contribution >= 4 is 23.5 Å². The van der Waals surface area contributed by atoms with E-state index in [2.05, 4.69) is 17.6 Å². The Morgan fingerprint density at radius 1 is 1.10 bits per heavy atom. The number of nitrogens with one attached hydrogen (secondary N) is 2. The zero-order valence-corrected chi connectivity index (χ0v) is 16.1. The van der Waals surface area contributed by atoms with Crippen LogP contribution in [0.2, 0.25) is 0 Å². The van der Waals surface area contributed by atoms with Crippen LogP contribution in [0.5, 0.6) is 0 Å². The molecule has 0 bridgehead atoms. The Morgan fingerprint density at radius 2 is 1.79 bits per heavy atom. The fraction of sp³-hybridized carbons (Fsp3) is 0.286.